The van der Waals surface area contributed by atoms with E-state index in [2.05, 4.69) is 41.5 Å². The van der Waals surface area contributed by atoms with Gasteiger partial charge >= 0.3 is 0 Å². The molecule has 0 unspecified atom stereocenters. The van der Waals surface area contributed by atoms with Crippen molar-refractivity contribution in [2.75, 3.05) is 25.6 Å². The molecule has 0 aliphatic carbocycles. The first-order chi connectivity index (χ1) is 19.1. The molecule has 0 bridgehead atoms. The number of hydrogen-bond acceptors (Lipinski definition) is 5. The molecule has 0 fully saturated rings. The lowest BCUT2D eigenvalue weighted by Gasteiger charge is -2.13. The monoisotopic (exact) mass is 632 g/mol. The first-order valence-corrected chi connectivity index (χ1v) is 15.2. The minimum Gasteiger partial charge on any atom is -1.00 e. The fraction of sp³-hybridized carbons (Fsp3) is 0.500. The standard InChI is InChI=1S/C32H44N2O4S.BrH/c1-4-5-6-7-8-9-10-11-12-13-19-37-31-21-29(17-18-30(31)36-3)38-24-32(35)33-28-16-14-15-27(20-28)23-34-22-26(2)39-25-34;/h14-18,20-22,25H,4-13,19,23-24H2,1-3H3;1H. The Labute approximate surface area is 254 Å². The average Bonchev–Trinajstić information content (AvgIpc) is 3.35. The van der Waals surface area contributed by atoms with Crippen molar-refractivity contribution in [3.63, 3.8) is 0 Å². The van der Waals surface area contributed by atoms with Crippen molar-refractivity contribution in [1.29, 1.82) is 0 Å². The Morgan fingerprint density at radius 1 is 0.900 bits per heavy atom. The molecule has 1 heterocycles. The molecule has 3 aromatic rings. The van der Waals surface area contributed by atoms with Crippen molar-refractivity contribution in [2.24, 2.45) is 0 Å². The predicted octanol–water partition coefficient (Wildman–Crippen LogP) is 4.72. The highest BCUT2D eigenvalue weighted by Crippen LogP contribution is 2.31. The normalized spacial score (nSPS) is 10.6. The Hall–Kier alpha value is -2.58. The number of nitrogens with zero attached hydrogens (tertiary/aromatic N) is 1. The Balaban J connectivity index is 0.00000560. The van der Waals surface area contributed by atoms with Crippen LogP contribution < -0.4 is 41.1 Å². The number of carbonyl (C=O) groups is 1. The van der Waals surface area contributed by atoms with E-state index in [1.54, 1.807) is 30.6 Å². The zero-order valence-corrected chi connectivity index (χ0v) is 26.7. The molecule has 1 N–H and O–H groups in total. The number of carbonyl (C=O) groups excluding carboxylic acids is 1. The summed E-state index contributed by atoms with van der Waals surface area (Å²) in [6.07, 6.45) is 15.0. The summed E-state index contributed by atoms with van der Waals surface area (Å²) < 4.78 is 19.4. The van der Waals surface area contributed by atoms with E-state index in [0.29, 0.717) is 23.9 Å². The van der Waals surface area contributed by atoms with E-state index in [-0.39, 0.29) is 29.5 Å². The summed E-state index contributed by atoms with van der Waals surface area (Å²) in [5.41, 5.74) is 3.97. The van der Waals surface area contributed by atoms with Gasteiger partial charge in [-0.3, -0.25) is 4.79 Å². The zero-order valence-electron chi connectivity index (χ0n) is 24.3. The van der Waals surface area contributed by atoms with Crippen LogP contribution in [-0.4, -0.2) is 26.2 Å². The molecule has 0 aliphatic heterocycles. The van der Waals surface area contributed by atoms with E-state index >= 15 is 0 Å². The molecule has 0 aliphatic rings. The fourth-order valence-electron chi connectivity index (χ4n) is 4.46. The number of anilines is 1. The van der Waals surface area contributed by atoms with Gasteiger partial charge in [0.15, 0.2) is 30.8 Å². The van der Waals surface area contributed by atoms with E-state index in [9.17, 15) is 4.79 Å². The van der Waals surface area contributed by atoms with Crippen LogP contribution in [0.25, 0.3) is 0 Å². The van der Waals surface area contributed by atoms with Crippen molar-refractivity contribution in [3.8, 4) is 17.2 Å². The van der Waals surface area contributed by atoms with Crippen molar-refractivity contribution in [2.45, 2.75) is 84.6 Å². The van der Waals surface area contributed by atoms with E-state index in [0.717, 1.165) is 24.2 Å². The summed E-state index contributed by atoms with van der Waals surface area (Å²) in [4.78, 5) is 13.8. The summed E-state index contributed by atoms with van der Waals surface area (Å²) in [5, 5.41) is 2.93. The summed E-state index contributed by atoms with van der Waals surface area (Å²) >= 11 is 1.72. The van der Waals surface area contributed by atoms with Crippen LogP contribution in [0.15, 0.2) is 54.2 Å². The quantitative estimate of drug-likeness (QED) is 0.153. The Morgan fingerprint density at radius 2 is 1.62 bits per heavy atom. The molecule has 2 aromatic carbocycles. The number of amides is 1. The predicted molar refractivity (Wildman–Crippen MR) is 159 cm³/mol. The first-order valence-electron chi connectivity index (χ1n) is 14.3. The number of methoxy groups -OCH3 is 1. The number of thiazole rings is 1. The smallest absolute Gasteiger partial charge is 0.262 e. The minimum absolute atomic E-state index is 0. The Kier molecular flexibility index (Phi) is 16.4. The Bertz CT molecular complexity index is 1140. The second kappa shape index (κ2) is 19.5. The maximum atomic E-state index is 12.6. The highest BCUT2D eigenvalue weighted by Gasteiger charge is 2.11. The zero-order chi connectivity index (χ0) is 27.7. The highest BCUT2D eigenvalue weighted by atomic mass is 79.9. The number of aromatic nitrogens is 1. The molecule has 8 heteroatoms. The molecule has 0 atom stereocenters. The molecule has 1 amide bonds. The maximum Gasteiger partial charge on any atom is 0.262 e. The Morgan fingerprint density at radius 3 is 2.30 bits per heavy atom. The molecule has 3 rings (SSSR count). The molecule has 0 saturated heterocycles. The van der Waals surface area contributed by atoms with Crippen molar-refractivity contribution >= 4 is 22.9 Å². The van der Waals surface area contributed by atoms with Crippen LogP contribution >= 0.6 is 11.3 Å². The van der Waals surface area contributed by atoms with Gasteiger partial charge in [0.25, 0.3) is 5.91 Å². The summed E-state index contributed by atoms with van der Waals surface area (Å²) in [6, 6.07) is 13.3. The molecular formula is C32H45BrN2O4S. The number of aryl methyl sites for hydroxylation is 1. The van der Waals surface area contributed by atoms with Crippen LogP contribution in [0, 0.1) is 6.92 Å². The van der Waals surface area contributed by atoms with Gasteiger partial charge in [0.1, 0.15) is 5.75 Å². The summed E-state index contributed by atoms with van der Waals surface area (Å²) in [6.45, 7) is 5.66. The molecule has 40 heavy (non-hydrogen) atoms. The number of halogens is 1. The van der Waals surface area contributed by atoms with Crippen molar-refractivity contribution < 1.29 is 40.6 Å². The van der Waals surface area contributed by atoms with Gasteiger partial charge in [-0.15, -0.1) is 0 Å². The number of rotatable bonds is 19. The van der Waals surface area contributed by atoms with Gasteiger partial charge in [0.2, 0.25) is 5.51 Å². The number of unbranched alkanes of at least 4 members (excludes halogenated alkanes) is 9. The van der Waals surface area contributed by atoms with Gasteiger partial charge in [0, 0.05) is 17.3 Å². The second-order valence-corrected chi connectivity index (χ2v) is 11.1. The average molecular weight is 634 g/mol. The van der Waals surface area contributed by atoms with Gasteiger partial charge in [-0.2, -0.15) is 4.57 Å². The van der Waals surface area contributed by atoms with Crippen molar-refractivity contribution in [1.82, 2.24) is 0 Å². The highest BCUT2D eigenvalue weighted by molar-refractivity contribution is 7.09. The number of hydrogen-bond donors (Lipinski definition) is 1. The molecule has 1 aromatic heterocycles. The SMILES string of the molecule is CCCCCCCCCCCCOc1cc(OCC(=O)Nc2cccc(C[n+]3csc(C)c3)c2)ccc1OC.[Br-]. The molecular weight excluding hydrogens is 588 g/mol. The maximum absolute atomic E-state index is 12.6. The van der Waals surface area contributed by atoms with E-state index in [1.165, 1.54) is 62.7 Å². The lowest BCUT2D eigenvalue weighted by molar-refractivity contribution is -0.683. The van der Waals surface area contributed by atoms with Gasteiger partial charge in [-0.1, -0.05) is 88.2 Å². The van der Waals surface area contributed by atoms with E-state index < -0.39 is 0 Å². The van der Waals surface area contributed by atoms with Crippen LogP contribution in [0.2, 0.25) is 0 Å². The minimum atomic E-state index is -0.213. The van der Waals surface area contributed by atoms with Gasteiger partial charge < -0.3 is 36.5 Å². The summed E-state index contributed by atoms with van der Waals surface area (Å²) in [5.74, 6) is 1.66. The van der Waals surface area contributed by atoms with Crippen LogP contribution in [0.3, 0.4) is 0 Å². The third kappa shape index (κ3) is 12.7. The van der Waals surface area contributed by atoms with Gasteiger partial charge in [0.05, 0.1) is 18.6 Å². The lowest BCUT2D eigenvalue weighted by Crippen LogP contribution is -3.00. The van der Waals surface area contributed by atoms with Gasteiger partial charge in [-0.25, -0.2) is 0 Å². The second-order valence-electron chi connectivity index (χ2n) is 10.0. The molecule has 220 valence electrons. The first kappa shape index (κ1) is 33.6. The molecule has 0 saturated carbocycles. The largest absolute Gasteiger partial charge is 1.00 e. The third-order valence-electron chi connectivity index (χ3n) is 6.56. The third-order valence-corrected chi connectivity index (χ3v) is 7.41. The van der Waals surface area contributed by atoms with E-state index in [4.69, 9.17) is 14.2 Å². The topological polar surface area (TPSA) is 60.7 Å². The molecule has 0 radical (unpaired) electrons. The molecule has 0 spiro atoms. The van der Waals surface area contributed by atoms with Crippen LogP contribution in [0.1, 0.15) is 81.6 Å². The summed E-state index contributed by atoms with van der Waals surface area (Å²) in [7, 11) is 1.63. The van der Waals surface area contributed by atoms with Crippen LogP contribution in [0.5, 0.6) is 17.2 Å². The van der Waals surface area contributed by atoms with Crippen LogP contribution in [0.4, 0.5) is 5.69 Å². The van der Waals surface area contributed by atoms with Crippen LogP contribution in [-0.2, 0) is 11.3 Å². The molecule has 6 nitrogen and oxygen atoms in total. The number of benzene rings is 2. The number of nitrogens with one attached hydrogen (secondary N) is 1. The lowest BCUT2D eigenvalue weighted by atomic mass is 10.1. The number of ether oxygens (including phenoxy) is 3. The van der Waals surface area contributed by atoms with E-state index in [1.807, 2.05) is 24.3 Å². The van der Waals surface area contributed by atoms with Gasteiger partial charge in [-0.05, 0) is 37.6 Å². The fourth-order valence-corrected chi connectivity index (χ4v) is 5.10. The van der Waals surface area contributed by atoms with Crippen molar-refractivity contribution in [3.05, 3.63) is 64.6 Å².